The number of aromatic hydroxyl groups is 1. The molecule has 19 heteroatoms. The van der Waals surface area contributed by atoms with Gasteiger partial charge in [-0.1, -0.05) is 6.07 Å². The Kier molecular flexibility index (Phi) is 7.61. The van der Waals surface area contributed by atoms with Crippen LogP contribution in [-0.2, 0) is 30.4 Å². The van der Waals surface area contributed by atoms with Gasteiger partial charge in [0, 0.05) is 22.4 Å². The summed E-state index contributed by atoms with van der Waals surface area (Å²) >= 11 is 0. The first-order chi connectivity index (χ1) is 20.5. The van der Waals surface area contributed by atoms with Crippen LogP contribution in [0.3, 0.4) is 0 Å². The van der Waals surface area contributed by atoms with E-state index in [1.807, 2.05) is 0 Å². The Bertz CT molecular complexity index is 2380. The molecule has 0 radical (unpaired) electrons. The second-order valence-corrected chi connectivity index (χ2v) is 13.2. The van der Waals surface area contributed by atoms with Crippen molar-refractivity contribution >= 4 is 80.3 Å². The number of rotatable bonds is 7. The second-order valence-electron chi connectivity index (χ2n) is 9.03. The van der Waals surface area contributed by atoms with E-state index in [1.54, 1.807) is 12.1 Å². The van der Waals surface area contributed by atoms with Gasteiger partial charge in [0.2, 0.25) is 0 Å². The first-order valence-electron chi connectivity index (χ1n) is 11.9. The van der Waals surface area contributed by atoms with Gasteiger partial charge in [-0.3, -0.25) is 18.6 Å². The van der Waals surface area contributed by atoms with Crippen molar-refractivity contribution in [3.63, 3.8) is 0 Å². The van der Waals surface area contributed by atoms with Crippen molar-refractivity contribution in [2.45, 2.75) is 14.7 Å². The SMILES string of the molecule is Nc1cc2c(O)c(/N=N\c3ccc(/N=N\c4cccnc4)c4ccc(S(=O)(=O)O)cc34)c(S(=O)(=O)O)cc2cc1S(=O)(=O)O. The molecule has 0 aliphatic carbocycles. The van der Waals surface area contributed by atoms with Crippen LogP contribution in [0.4, 0.5) is 28.4 Å². The molecular weight excluding hydrogens is 641 g/mol. The zero-order valence-corrected chi connectivity index (χ0v) is 24.2. The van der Waals surface area contributed by atoms with Gasteiger partial charge in [-0.05, 0) is 60.0 Å². The number of pyridine rings is 1. The number of hydrogen-bond acceptors (Lipinski definition) is 13. The van der Waals surface area contributed by atoms with Gasteiger partial charge in [0.15, 0.2) is 5.75 Å². The second kappa shape index (κ2) is 11.0. The molecule has 6 N–H and O–H groups in total. The first kappa shape index (κ1) is 30.5. The summed E-state index contributed by atoms with van der Waals surface area (Å²) in [5.74, 6) is -0.878. The molecule has 1 heterocycles. The van der Waals surface area contributed by atoms with E-state index < -0.39 is 62.2 Å². The number of anilines is 1. The fraction of sp³-hybridized carbons (Fsp3) is 0. The van der Waals surface area contributed by atoms with Gasteiger partial charge in [-0.25, -0.2) is 0 Å². The van der Waals surface area contributed by atoms with Crippen molar-refractivity contribution in [3.05, 3.63) is 73.1 Å². The lowest BCUT2D eigenvalue weighted by Crippen LogP contribution is -2.04. The highest BCUT2D eigenvalue weighted by Gasteiger charge is 2.25. The average Bonchev–Trinajstić information content (AvgIpc) is 2.94. The lowest BCUT2D eigenvalue weighted by molar-refractivity contribution is 0.472. The number of phenols is 1. The fourth-order valence-corrected chi connectivity index (χ4v) is 5.96. The highest BCUT2D eigenvalue weighted by molar-refractivity contribution is 7.86. The van der Waals surface area contributed by atoms with Crippen LogP contribution in [-0.4, -0.2) is 49.0 Å². The Labute approximate surface area is 248 Å². The maximum atomic E-state index is 12.2. The van der Waals surface area contributed by atoms with Crippen LogP contribution < -0.4 is 5.73 Å². The van der Waals surface area contributed by atoms with Crippen molar-refractivity contribution < 1.29 is 44.0 Å². The monoisotopic (exact) mass is 658 g/mol. The summed E-state index contributed by atoms with van der Waals surface area (Å²) < 4.78 is 100. The van der Waals surface area contributed by atoms with Crippen LogP contribution in [0, 0.1) is 0 Å². The smallest absolute Gasteiger partial charge is 0.296 e. The van der Waals surface area contributed by atoms with Crippen molar-refractivity contribution in [3.8, 4) is 5.75 Å². The molecule has 0 spiro atoms. The summed E-state index contributed by atoms with van der Waals surface area (Å²) in [6.07, 6.45) is 2.99. The normalized spacial score (nSPS) is 13.0. The highest BCUT2D eigenvalue weighted by atomic mass is 32.2. The van der Waals surface area contributed by atoms with Crippen LogP contribution in [0.1, 0.15) is 0 Å². The van der Waals surface area contributed by atoms with Gasteiger partial charge in [0.05, 0.1) is 28.2 Å². The number of fused-ring (bicyclic) bond motifs is 2. The molecule has 1 aromatic heterocycles. The number of benzene rings is 4. The van der Waals surface area contributed by atoms with Crippen molar-refractivity contribution in [2.75, 3.05) is 5.73 Å². The Morgan fingerprint density at radius 2 is 1.30 bits per heavy atom. The minimum atomic E-state index is -5.12. The minimum Gasteiger partial charge on any atom is -0.505 e. The number of nitrogen functional groups attached to an aromatic ring is 1. The van der Waals surface area contributed by atoms with Crippen molar-refractivity contribution in [1.29, 1.82) is 0 Å². The molecule has 5 rings (SSSR count). The zero-order chi connectivity index (χ0) is 32.0. The van der Waals surface area contributed by atoms with Gasteiger partial charge in [0.25, 0.3) is 30.4 Å². The van der Waals surface area contributed by atoms with E-state index in [0.29, 0.717) is 5.69 Å². The number of hydrogen-bond donors (Lipinski definition) is 5. The lowest BCUT2D eigenvalue weighted by atomic mass is 10.1. The maximum Gasteiger partial charge on any atom is 0.296 e. The molecule has 4 aromatic carbocycles. The molecule has 0 unspecified atom stereocenters. The Hall–Kier alpha value is -4.92. The lowest BCUT2D eigenvalue weighted by Gasteiger charge is -2.11. The molecule has 0 atom stereocenters. The average molecular weight is 659 g/mol. The van der Waals surface area contributed by atoms with Gasteiger partial charge in [-0.2, -0.15) is 25.3 Å². The quantitative estimate of drug-likeness (QED) is 0.0852. The van der Waals surface area contributed by atoms with Crippen LogP contribution in [0.2, 0.25) is 0 Å². The van der Waals surface area contributed by atoms with Crippen LogP contribution in [0.5, 0.6) is 5.75 Å². The van der Waals surface area contributed by atoms with Gasteiger partial charge < -0.3 is 10.8 Å². The molecule has 44 heavy (non-hydrogen) atoms. The summed E-state index contributed by atoms with van der Waals surface area (Å²) in [6.45, 7) is 0. The standard InChI is InChI=1S/C25H18N6O10S3/c26-19-11-17-13(8-22(19)43(36,37)38)9-23(44(39,40)41)24(25(17)32)31-30-21-6-5-20(29-28-14-2-1-7-27-12-14)16-4-3-15(10-18(16)21)42(33,34)35/h1-12,32H,26H2,(H,33,34,35)(H,36,37,38)(H,39,40,41)/b29-28-,31-30-. The summed E-state index contributed by atoms with van der Waals surface area (Å²) in [4.78, 5) is 1.66. The summed E-state index contributed by atoms with van der Waals surface area (Å²) in [6, 6.07) is 12.0. The molecule has 16 nitrogen and oxygen atoms in total. The predicted molar refractivity (Wildman–Crippen MR) is 156 cm³/mol. The minimum absolute atomic E-state index is 0.0576. The first-order valence-corrected chi connectivity index (χ1v) is 16.2. The third-order valence-corrected chi connectivity index (χ3v) is 8.78. The van der Waals surface area contributed by atoms with E-state index in [2.05, 4.69) is 25.4 Å². The zero-order valence-electron chi connectivity index (χ0n) is 21.7. The Balaban J connectivity index is 1.72. The molecule has 0 fully saturated rings. The van der Waals surface area contributed by atoms with E-state index in [-0.39, 0.29) is 32.9 Å². The fourth-order valence-electron chi connectivity index (χ4n) is 4.17. The summed E-state index contributed by atoms with van der Waals surface area (Å²) in [5.41, 5.74) is 5.00. The largest absolute Gasteiger partial charge is 0.505 e. The van der Waals surface area contributed by atoms with E-state index >= 15 is 0 Å². The number of aromatic nitrogens is 1. The van der Waals surface area contributed by atoms with Crippen molar-refractivity contribution in [1.82, 2.24) is 4.98 Å². The van der Waals surface area contributed by atoms with Crippen LogP contribution in [0.15, 0.2) is 108 Å². The number of nitrogens with zero attached hydrogens (tertiary/aromatic N) is 5. The molecular formula is C25H18N6O10S3. The van der Waals surface area contributed by atoms with E-state index in [0.717, 1.165) is 30.3 Å². The third-order valence-electron chi connectivity index (χ3n) is 6.15. The summed E-state index contributed by atoms with van der Waals surface area (Å²) in [5, 5.41) is 26.8. The number of azo groups is 2. The number of phenolic OH excluding ortho intramolecular Hbond substituents is 1. The Morgan fingerprint density at radius 1 is 0.659 bits per heavy atom. The molecule has 0 saturated carbocycles. The van der Waals surface area contributed by atoms with Gasteiger partial charge in [0.1, 0.15) is 21.2 Å². The van der Waals surface area contributed by atoms with Gasteiger partial charge >= 0.3 is 0 Å². The molecule has 5 aromatic rings. The molecule has 226 valence electrons. The molecule has 0 aliphatic heterocycles. The molecule has 0 amide bonds. The Morgan fingerprint density at radius 3 is 1.91 bits per heavy atom. The van der Waals surface area contributed by atoms with E-state index in [9.17, 15) is 44.0 Å². The predicted octanol–water partition coefficient (Wildman–Crippen LogP) is 5.25. The van der Waals surface area contributed by atoms with Crippen LogP contribution >= 0.6 is 0 Å². The topological polar surface area (TPSA) is 272 Å². The molecule has 0 bridgehead atoms. The van der Waals surface area contributed by atoms with E-state index in [1.165, 1.54) is 30.6 Å². The van der Waals surface area contributed by atoms with Crippen molar-refractivity contribution in [2.24, 2.45) is 20.5 Å². The maximum absolute atomic E-state index is 12.2. The van der Waals surface area contributed by atoms with E-state index in [4.69, 9.17) is 5.73 Å². The molecule has 0 aliphatic rings. The van der Waals surface area contributed by atoms with Crippen LogP contribution in [0.25, 0.3) is 21.5 Å². The molecule has 0 saturated heterocycles. The van der Waals surface area contributed by atoms with Gasteiger partial charge in [-0.15, -0.1) is 20.5 Å². The number of nitrogens with two attached hydrogens (primary N) is 1. The highest BCUT2D eigenvalue weighted by Crippen LogP contribution is 2.44. The summed E-state index contributed by atoms with van der Waals surface area (Å²) in [7, 11) is -14.6. The third kappa shape index (κ3) is 6.08.